The fraction of sp³-hybridized carbons (Fsp3) is 0.444. The van der Waals surface area contributed by atoms with Gasteiger partial charge in [0, 0.05) is 23.9 Å². The summed E-state index contributed by atoms with van der Waals surface area (Å²) in [5.74, 6) is 1.99. The highest BCUT2D eigenvalue weighted by molar-refractivity contribution is 7.10. The van der Waals surface area contributed by atoms with E-state index in [4.69, 9.17) is 9.47 Å². The highest BCUT2D eigenvalue weighted by Gasteiger charge is 2.26. The maximum atomic E-state index is 5.47. The van der Waals surface area contributed by atoms with Gasteiger partial charge in [-0.3, -0.25) is 0 Å². The third kappa shape index (κ3) is 2.73. The van der Waals surface area contributed by atoms with Crippen molar-refractivity contribution < 1.29 is 9.47 Å². The number of ether oxygens (including phenoxy) is 2. The minimum Gasteiger partial charge on any atom is -0.493 e. The van der Waals surface area contributed by atoms with E-state index in [1.165, 1.54) is 28.0 Å². The Morgan fingerprint density at radius 3 is 2.77 bits per heavy atom. The summed E-state index contributed by atoms with van der Waals surface area (Å²) in [5, 5.41) is 5.89. The molecule has 1 aromatic heterocycles. The SMILES string of the molecule is CCCc1csc2c1C(c1ccc(OC)c(OC)c1)CNC2. The van der Waals surface area contributed by atoms with E-state index in [1.54, 1.807) is 14.2 Å². The number of rotatable bonds is 5. The molecule has 1 unspecified atom stereocenters. The minimum atomic E-state index is 0.399. The molecule has 1 aromatic carbocycles. The average Bonchev–Trinajstić information content (AvgIpc) is 2.98. The van der Waals surface area contributed by atoms with Gasteiger partial charge in [0.05, 0.1) is 14.2 Å². The van der Waals surface area contributed by atoms with Crippen molar-refractivity contribution in [1.29, 1.82) is 0 Å². The highest BCUT2D eigenvalue weighted by Crippen LogP contribution is 2.39. The predicted molar refractivity (Wildman–Crippen MR) is 91.4 cm³/mol. The molecule has 22 heavy (non-hydrogen) atoms. The molecular formula is C18H23NO2S. The summed E-state index contributed by atoms with van der Waals surface area (Å²) in [6.45, 7) is 4.22. The van der Waals surface area contributed by atoms with Crippen molar-refractivity contribution in [3.63, 3.8) is 0 Å². The van der Waals surface area contributed by atoms with Crippen LogP contribution in [-0.4, -0.2) is 20.8 Å². The van der Waals surface area contributed by atoms with Gasteiger partial charge < -0.3 is 14.8 Å². The van der Waals surface area contributed by atoms with E-state index in [0.717, 1.165) is 31.0 Å². The molecule has 0 amide bonds. The normalized spacial score (nSPS) is 17.1. The molecule has 1 N–H and O–H groups in total. The molecule has 3 nitrogen and oxygen atoms in total. The van der Waals surface area contributed by atoms with E-state index in [-0.39, 0.29) is 0 Å². The van der Waals surface area contributed by atoms with E-state index in [9.17, 15) is 0 Å². The van der Waals surface area contributed by atoms with Gasteiger partial charge in [0.15, 0.2) is 11.5 Å². The maximum Gasteiger partial charge on any atom is 0.161 e. The second-order valence-corrected chi connectivity index (χ2v) is 6.61. The Labute approximate surface area is 136 Å². The topological polar surface area (TPSA) is 30.5 Å². The number of fused-ring (bicyclic) bond motifs is 1. The Morgan fingerprint density at radius 2 is 2.05 bits per heavy atom. The molecule has 0 bridgehead atoms. The number of aryl methyl sites for hydroxylation is 1. The van der Waals surface area contributed by atoms with E-state index in [2.05, 4.69) is 29.8 Å². The van der Waals surface area contributed by atoms with Gasteiger partial charge in [-0.2, -0.15) is 0 Å². The first-order chi connectivity index (χ1) is 10.8. The van der Waals surface area contributed by atoms with Crippen molar-refractivity contribution in [2.45, 2.75) is 32.2 Å². The molecule has 1 aliphatic rings. The molecule has 0 radical (unpaired) electrons. The maximum absolute atomic E-state index is 5.47. The molecule has 1 aliphatic heterocycles. The van der Waals surface area contributed by atoms with Gasteiger partial charge >= 0.3 is 0 Å². The van der Waals surface area contributed by atoms with Crippen molar-refractivity contribution in [3.8, 4) is 11.5 Å². The monoisotopic (exact) mass is 317 g/mol. The number of nitrogens with one attached hydrogen (secondary N) is 1. The summed E-state index contributed by atoms with van der Waals surface area (Å²) in [6.07, 6.45) is 2.35. The van der Waals surface area contributed by atoms with Crippen LogP contribution in [0.3, 0.4) is 0 Å². The van der Waals surface area contributed by atoms with Crippen molar-refractivity contribution in [2.24, 2.45) is 0 Å². The van der Waals surface area contributed by atoms with E-state index < -0.39 is 0 Å². The molecule has 2 aromatic rings. The number of methoxy groups -OCH3 is 2. The second-order valence-electron chi connectivity index (χ2n) is 5.65. The predicted octanol–water partition coefficient (Wildman–Crippen LogP) is 3.95. The summed E-state index contributed by atoms with van der Waals surface area (Å²) < 4.78 is 10.8. The van der Waals surface area contributed by atoms with E-state index in [1.807, 2.05) is 17.4 Å². The van der Waals surface area contributed by atoms with Crippen molar-refractivity contribution in [3.05, 3.63) is 45.1 Å². The Kier molecular flexibility index (Phi) is 4.69. The summed E-state index contributed by atoms with van der Waals surface area (Å²) >= 11 is 1.89. The molecule has 2 heterocycles. The lowest BCUT2D eigenvalue weighted by atomic mass is 9.85. The first kappa shape index (κ1) is 15.4. The third-order valence-corrected chi connectivity index (χ3v) is 5.35. The smallest absolute Gasteiger partial charge is 0.161 e. The Hall–Kier alpha value is -1.52. The van der Waals surface area contributed by atoms with Crippen LogP contribution < -0.4 is 14.8 Å². The highest BCUT2D eigenvalue weighted by atomic mass is 32.1. The molecule has 4 heteroatoms. The quantitative estimate of drug-likeness (QED) is 0.905. The van der Waals surface area contributed by atoms with Gasteiger partial charge in [-0.1, -0.05) is 19.4 Å². The van der Waals surface area contributed by atoms with Crippen LogP contribution in [0.25, 0.3) is 0 Å². The van der Waals surface area contributed by atoms with Crippen LogP contribution in [0.15, 0.2) is 23.6 Å². The molecule has 3 rings (SSSR count). The van der Waals surface area contributed by atoms with Crippen LogP contribution in [0.5, 0.6) is 11.5 Å². The van der Waals surface area contributed by atoms with Crippen LogP contribution in [0.2, 0.25) is 0 Å². The standard InChI is InChI=1S/C18H23NO2S/c1-4-5-13-11-22-17-10-19-9-14(18(13)17)12-6-7-15(20-2)16(8-12)21-3/h6-8,11,14,19H,4-5,9-10H2,1-3H3. The summed E-state index contributed by atoms with van der Waals surface area (Å²) in [6, 6.07) is 6.29. The average molecular weight is 317 g/mol. The van der Waals surface area contributed by atoms with Gasteiger partial charge in [-0.05, 0) is 40.6 Å². The fourth-order valence-electron chi connectivity index (χ4n) is 3.25. The van der Waals surface area contributed by atoms with Crippen LogP contribution in [0.1, 0.15) is 40.8 Å². The lowest BCUT2D eigenvalue weighted by Gasteiger charge is -2.26. The van der Waals surface area contributed by atoms with Crippen LogP contribution in [0, 0.1) is 0 Å². The van der Waals surface area contributed by atoms with Crippen LogP contribution in [-0.2, 0) is 13.0 Å². The number of hydrogen-bond acceptors (Lipinski definition) is 4. The van der Waals surface area contributed by atoms with Gasteiger partial charge in [0.2, 0.25) is 0 Å². The number of hydrogen-bond donors (Lipinski definition) is 1. The zero-order valence-corrected chi connectivity index (χ0v) is 14.3. The molecule has 0 saturated heterocycles. The molecule has 0 aliphatic carbocycles. The van der Waals surface area contributed by atoms with Gasteiger partial charge in [-0.25, -0.2) is 0 Å². The van der Waals surface area contributed by atoms with E-state index >= 15 is 0 Å². The first-order valence-electron chi connectivity index (χ1n) is 7.80. The lowest BCUT2D eigenvalue weighted by Crippen LogP contribution is -2.28. The third-order valence-electron chi connectivity index (χ3n) is 4.30. The zero-order chi connectivity index (χ0) is 15.5. The number of thiophene rings is 1. The van der Waals surface area contributed by atoms with Gasteiger partial charge in [0.1, 0.15) is 0 Å². The van der Waals surface area contributed by atoms with Gasteiger partial charge in [0.25, 0.3) is 0 Å². The summed E-state index contributed by atoms with van der Waals surface area (Å²) in [5.41, 5.74) is 4.35. The minimum absolute atomic E-state index is 0.399. The largest absolute Gasteiger partial charge is 0.493 e. The Bertz CT molecular complexity index is 651. The van der Waals surface area contributed by atoms with Crippen LogP contribution >= 0.6 is 11.3 Å². The molecule has 1 atom stereocenters. The molecule has 0 fully saturated rings. The van der Waals surface area contributed by atoms with Crippen molar-refractivity contribution in [2.75, 3.05) is 20.8 Å². The first-order valence-corrected chi connectivity index (χ1v) is 8.68. The second kappa shape index (κ2) is 6.71. The summed E-state index contributed by atoms with van der Waals surface area (Å²) in [4.78, 5) is 1.48. The van der Waals surface area contributed by atoms with E-state index in [0.29, 0.717) is 5.92 Å². The molecular weight excluding hydrogens is 294 g/mol. The lowest BCUT2D eigenvalue weighted by molar-refractivity contribution is 0.354. The van der Waals surface area contributed by atoms with Crippen LogP contribution in [0.4, 0.5) is 0 Å². The molecule has 0 spiro atoms. The fourth-order valence-corrected chi connectivity index (χ4v) is 4.37. The summed E-state index contributed by atoms with van der Waals surface area (Å²) in [7, 11) is 3.37. The molecule has 118 valence electrons. The van der Waals surface area contributed by atoms with Crippen molar-refractivity contribution in [1.82, 2.24) is 5.32 Å². The van der Waals surface area contributed by atoms with Crippen molar-refractivity contribution >= 4 is 11.3 Å². The number of benzene rings is 1. The molecule has 0 saturated carbocycles. The zero-order valence-electron chi connectivity index (χ0n) is 13.4. The van der Waals surface area contributed by atoms with Gasteiger partial charge in [-0.15, -0.1) is 11.3 Å². The Morgan fingerprint density at radius 1 is 1.23 bits per heavy atom. The Balaban J connectivity index is 2.02.